The Kier molecular flexibility index (Phi) is 7.69. The molecule has 0 saturated carbocycles. The molecule has 110 valence electrons. The van der Waals surface area contributed by atoms with E-state index in [9.17, 15) is 9.59 Å². The molecule has 0 aliphatic rings. The number of carboxylic acid groups (broad SMARTS) is 1. The topological polar surface area (TPSA) is 57.6 Å². The van der Waals surface area contributed by atoms with Gasteiger partial charge in [-0.1, -0.05) is 28.1 Å². The van der Waals surface area contributed by atoms with Crippen molar-refractivity contribution < 1.29 is 14.7 Å². The monoisotopic (exact) mass is 359 g/mol. The minimum Gasteiger partial charge on any atom is -0.481 e. The van der Waals surface area contributed by atoms with Gasteiger partial charge in [0, 0.05) is 29.7 Å². The second-order valence-corrected chi connectivity index (χ2v) is 6.23. The molecule has 0 radical (unpaired) electrons. The maximum atomic E-state index is 12.1. The summed E-state index contributed by atoms with van der Waals surface area (Å²) in [5.41, 5.74) is 0.988. The first-order chi connectivity index (χ1) is 9.52. The van der Waals surface area contributed by atoms with Crippen LogP contribution in [0, 0.1) is 0 Å². The third-order valence-corrected chi connectivity index (χ3v) is 3.84. The van der Waals surface area contributed by atoms with Gasteiger partial charge in [0.25, 0.3) is 0 Å². The van der Waals surface area contributed by atoms with E-state index >= 15 is 0 Å². The largest absolute Gasteiger partial charge is 0.481 e. The third kappa shape index (κ3) is 6.43. The fourth-order valence-corrected chi connectivity index (χ4v) is 2.55. The van der Waals surface area contributed by atoms with Crippen LogP contribution in [0.25, 0.3) is 0 Å². The minimum absolute atomic E-state index is 0.000533. The van der Waals surface area contributed by atoms with Gasteiger partial charge < -0.3 is 10.0 Å². The van der Waals surface area contributed by atoms with Gasteiger partial charge in [-0.05, 0) is 24.0 Å². The van der Waals surface area contributed by atoms with Gasteiger partial charge in [0.2, 0.25) is 5.91 Å². The summed E-state index contributed by atoms with van der Waals surface area (Å²) in [5.74, 6) is -0.136. The zero-order chi connectivity index (χ0) is 15.0. The molecule has 1 rings (SSSR count). The summed E-state index contributed by atoms with van der Waals surface area (Å²) in [7, 11) is 0. The maximum absolute atomic E-state index is 12.1. The molecule has 6 heteroatoms. The molecule has 1 N–H and O–H groups in total. The first kappa shape index (κ1) is 17.0. The van der Waals surface area contributed by atoms with Crippen LogP contribution in [0.15, 0.2) is 28.7 Å². The lowest BCUT2D eigenvalue weighted by atomic mass is 10.2. The first-order valence-electron chi connectivity index (χ1n) is 6.26. The Balaban J connectivity index is 2.70. The summed E-state index contributed by atoms with van der Waals surface area (Å²) >= 11 is 5.00. The van der Waals surface area contributed by atoms with Crippen LogP contribution >= 0.6 is 27.7 Å². The fraction of sp³-hybridized carbons (Fsp3) is 0.429. The number of thioether (sulfide) groups is 1. The van der Waals surface area contributed by atoms with Crippen LogP contribution in [0.3, 0.4) is 0 Å². The van der Waals surface area contributed by atoms with Crippen LogP contribution in [-0.2, 0) is 16.1 Å². The van der Waals surface area contributed by atoms with E-state index < -0.39 is 5.97 Å². The molecule has 1 aromatic carbocycles. The first-order valence-corrected chi connectivity index (χ1v) is 8.44. The van der Waals surface area contributed by atoms with E-state index in [4.69, 9.17) is 5.11 Å². The van der Waals surface area contributed by atoms with E-state index in [1.54, 1.807) is 16.7 Å². The number of hydrogen-bond donors (Lipinski definition) is 1. The summed E-state index contributed by atoms with van der Waals surface area (Å²) < 4.78 is 0.949. The molecule has 0 heterocycles. The smallest absolute Gasteiger partial charge is 0.305 e. The highest BCUT2D eigenvalue weighted by atomic mass is 79.9. The van der Waals surface area contributed by atoms with E-state index in [2.05, 4.69) is 15.9 Å². The van der Waals surface area contributed by atoms with E-state index in [1.165, 1.54) is 0 Å². The van der Waals surface area contributed by atoms with Crippen LogP contribution in [-0.4, -0.2) is 40.4 Å². The van der Waals surface area contributed by atoms with Crippen molar-refractivity contribution >= 4 is 39.6 Å². The normalized spacial score (nSPS) is 10.3. The molecule has 0 aliphatic carbocycles. The molecule has 20 heavy (non-hydrogen) atoms. The van der Waals surface area contributed by atoms with Crippen LogP contribution in [0.2, 0.25) is 0 Å². The summed E-state index contributed by atoms with van der Waals surface area (Å²) in [5, 5.41) is 8.78. The minimum atomic E-state index is -0.887. The van der Waals surface area contributed by atoms with Gasteiger partial charge in [0.1, 0.15) is 0 Å². The Morgan fingerprint density at radius 3 is 2.70 bits per heavy atom. The van der Waals surface area contributed by atoms with Crippen molar-refractivity contribution in [3.8, 4) is 0 Å². The molecule has 0 unspecified atom stereocenters. The third-order valence-electron chi connectivity index (χ3n) is 2.73. The second kappa shape index (κ2) is 9.02. The Bertz CT molecular complexity index is 467. The van der Waals surface area contributed by atoms with Crippen LogP contribution in [0.1, 0.15) is 18.4 Å². The number of benzene rings is 1. The molecule has 0 spiro atoms. The van der Waals surface area contributed by atoms with Gasteiger partial charge in [-0.3, -0.25) is 9.59 Å². The van der Waals surface area contributed by atoms with Crippen molar-refractivity contribution in [1.82, 2.24) is 4.90 Å². The number of carbonyl (C=O) groups is 2. The van der Waals surface area contributed by atoms with E-state index in [-0.39, 0.29) is 18.9 Å². The predicted octanol–water partition coefficient (Wildman–Crippen LogP) is 3.01. The van der Waals surface area contributed by atoms with Gasteiger partial charge in [0.05, 0.1) is 6.42 Å². The van der Waals surface area contributed by atoms with Crippen molar-refractivity contribution in [3.05, 3.63) is 34.3 Å². The van der Waals surface area contributed by atoms with Gasteiger partial charge >= 0.3 is 5.97 Å². The standard InChI is InChI=1S/C14H18BrNO3S/c1-20-8-6-13(17)16(7-5-14(18)19)10-11-3-2-4-12(15)9-11/h2-4,9H,5-8,10H2,1H3,(H,18,19). The summed E-state index contributed by atoms with van der Waals surface area (Å²) in [6.45, 7) is 0.689. The molecule has 0 aliphatic heterocycles. The predicted molar refractivity (Wildman–Crippen MR) is 84.8 cm³/mol. The zero-order valence-electron chi connectivity index (χ0n) is 11.3. The lowest BCUT2D eigenvalue weighted by molar-refractivity contribution is -0.138. The molecule has 4 nitrogen and oxygen atoms in total. The average molecular weight is 360 g/mol. The Labute approximate surface area is 131 Å². The fourth-order valence-electron chi connectivity index (χ4n) is 1.73. The average Bonchev–Trinajstić information content (AvgIpc) is 2.40. The lowest BCUT2D eigenvalue weighted by Crippen LogP contribution is -2.32. The van der Waals surface area contributed by atoms with Gasteiger partial charge in [-0.2, -0.15) is 11.8 Å². The number of rotatable bonds is 8. The maximum Gasteiger partial charge on any atom is 0.305 e. The van der Waals surface area contributed by atoms with Crippen molar-refractivity contribution in [1.29, 1.82) is 0 Å². The van der Waals surface area contributed by atoms with Crippen molar-refractivity contribution in [3.63, 3.8) is 0 Å². The molecule has 0 fully saturated rings. The van der Waals surface area contributed by atoms with Gasteiger partial charge in [-0.25, -0.2) is 0 Å². The molecular formula is C14H18BrNO3S. The summed E-state index contributed by atoms with van der Waals surface area (Å²) in [6.07, 6.45) is 2.36. The Hall–Kier alpha value is -1.01. The number of carboxylic acids is 1. The number of nitrogens with zero attached hydrogens (tertiary/aromatic N) is 1. The number of halogens is 1. The number of carbonyl (C=O) groups excluding carboxylic acids is 1. The van der Waals surface area contributed by atoms with Crippen LogP contribution < -0.4 is 0 Å². The summed E-state index contributed by atoms with van der Waals surface area (Å²) in [4.78, 5) is 24.4. The highest BCUT2D eigenvalue weighted by Crippen LogP contribution is 2.14. The van der Waals surface area contributed by atoms with Crippen LogP contribution in [0.5, 0.6) is 0 Å². The summed E-state index contributed by atoms with van der Waals surface area (Å²) in [6, 6.07) is 7.69. The Morgan fingerprint density at radius 2 is 2.10 bits per heavy atom. The number of hydrogen-bond acceptors (Lipinski definition) is 3. The van der Waals surface area contributed by atoms with Crippen LogP contribution in [0.4, 0.5) is 0 Å². The molecular weight excluding hydrogens is 342 g/mol. The van der Waals surface area contributed by atoms with Gasteiger partial charge in [0.15, 0.2) is 0 Å². The number of amides is 1. The van der Waals surface area contributed by atoms with Crippen molar-refractivity contribution in [2.24, 2.45) is 0 Å². The van der Waals surface area contributed by atoms with E-state index in [1.807, 2.05) is 30.5 Å². The Morgan fingerprint density at radius 1 is 1.35 bits per heavy atom. The van der Waals surface area contributed by atoms with Crippen molar-refractivity contribution in [2.75, 3.05) is 18.6 Å². The van der Waals surface area contributed by atoms with Crippen molar-refractivity contribution in [2.45, 2.75) is 19.4 Å². The van der Waals surface area contributed by atoms with E-state index in [0.29, 0.717) is 13.0 Å². The molecule has 0 bridgehead atoms. The highest BCUT2D eigenvalue weighted by molar-refractivity contribution is 9.10. The van der Waals surface area contributed by atoms with Gasteiger partial charge in [-0.15, -0.1) is 0 Å². The SMILES string of the molecule is CSCCC(=O)N(CCC(=O)O)Cc1cccc(Br)c1. The lowest BCUT2D eigenvalue weighted by Gasteiger charge is -2.22. The molecule has 1 aromatic rings. The molecule has 0 aromatic heterocycles. The number of aliphatic carboxylic acids is 1. The quantitative estimate of drug-likeness (QED) is 0.774. The molecule has 1 amide bonds. The highest BCUT2D eigenvalue weighted by Gasteiger charge is 2.15. The zero-order valence-corrected chi connectivity index (χ0v) is 13.7. The second-order valence-electron chi connectivity index (χ2n) is 4.33. The molecule has 0 saturated heterocycles. The molecule has 0 atom stereocenters. The van der Waals surface area contributed by atoms with E-state index in [0.717, 1.165) is 15.8 Å².